The zero-order valence-electron chi connectivity index (χ0n) is 12.6. The summed E-state index contributed by atoms with van der Waals surface area (Å²) in [5.41, 5.74) is 5.87. The van der Waals surface area contributed by atoms with Crippen LogP contribution in [-0.4, -0.2) is 18.5 Å². The van der Waals surface area contributed by atoms with Crippen LogP contribution in [0.15, 0.2) is 24.3 Å². The lowest BCUT2D eigenvalue weighted by molar-refractivity contribution is -0.131. The largest absolute Gasteiger partial charge is 0.353 e. The molecule has 3 nitrogen and oxygen atoms in total. The van der Waals surface area contributed by atoms with E-state index in [4.69, 9.17) is 5.73 Å². The van der Waals surface area contributed by atoms with Crippen LogP contribution >= 0.6 is 0 Å². The first-order valence-corrected chi connectivity index (χ1v) is 7.23. The molecule has 3 N–H and O–H groups in total. The number of benzene rings is 1. The number of halogens is 1. The molecule has 0 bridgehead atoms. The van der Waals surface area contributed by atoms with Gasteiger partial charge in [0.1, 0.15) is 5.82 Å². The Hall–Kier alpha value is -1.42. The minimum atomic E-state index is -0.510. The van der Waals surface area contributed by atoms with E-state index >= 15 is 0 Å². The summed E-state index contributed by atoms with van der Waals surface area (Å²) in [7, 11) is 0. The molecule has 20 heavy (non-hydrogen) atoms. The molecule has 1 aromatic rings. The zero-order valence-corrected chi connectivity index (χ0v) is 12.6. The van der Waals surface area contributed by atoms with Crippen LogP contribution in [0.25, 0.3) is 0 Å². The molecule has 0 saturated carbocycles. The molecular weight excluding hydrogens is 255 g/mol. The third kappa shape index (κ3) is 3.79. The van der Waals surface area contributed by atoms with Crippen molar-refractivity contribution in [1.82, 2.24) is 5.32 Å². The van der Waals surface area contributed by atoms with E-state index in [0.29, 0.717) is 31.4 Å². The molecule has 112 valence electrons. The zero-order chi connectivity index (χ0) is 15.2. The van der Waals surface area contributed by atoms with Crippen LogP contribution in [0, 0.1) is 11.2 Å². The van der Waals surface area contributed by atoms with Crippen molar-refractivity contribution < 1.29 is 9.18 Å². The molecule has 1 aromatic carbocycles. The molecular formula is C16H25FN2O. The third-order valence-electron chi connectivity index (χ3n) is 4.09. The van der Waals surface area contributed by atoms with Crippen LogP contribution in [0.5, 0.6) is 0 Å². The second kappa shape index (κ2) is 7.39. The first-order valence-electron chi connectivity index (χ1n) is 7.23. The molecule has 0 saturated heterocycles. The second-order valence-electron chi connectivity index (χ2n) is 5.36. The van der Waals surface area contributed by atoms with Crippen molar-refractivity contribution in [3.05, 3.63) is 35.6 Å². The standard InChI is InChI=1S/C16H25FN2O/c1-4-16(5-2,11-18)15(20)19-12(3)10-13-8-6-7-9-14(13)17/h6-9,12H,4-5,10-11,18H2,1-3H3,(H,19,20). The summed E-state index contributed by atoms with van der Waals surface area (Å²) in [6, 6.07) is 6.52. The molecule has 0 aliphatic heterocycles. The summed E-state index contributed by atoms with van der Waals surface area (Å²) in [5, 5.41) is 2.96. The van der Waals surface area contributed by atoms with E-state index < -0.39 is 5.41 Å². The first-order chi connectivity index (χ1) is 9.49. The molecule has 0 aromatic heterocycles. The lowest BCUT2D eigenvalue weighted by Crippen LogP contribution is -2.48. The Balaban J connectivity index is 2.69. The summed E-state index contributed by atoms with van der Waals surface area (Å²) in [5.74, 6) is -0.265. The lowest BCUT2D eigenvalue weighted by atomic mass is 9.81. The van der Waals surface area contributed by atoms with E-state index in [9.17, 15) is 9.18 Å². The van der Waals surface area contributed by atoms with Gasteiger partial charge in [-0.1, -0.05) is 32.0 Å². The Kier molecular flexibility index (Phi) is 6.14. The predicted octanol–water partition coefficient (Wildman–Crippen LogP) is 2.64. The van der Waals surface area contributed by atoms with Crippen LogP contribution in [0.2, 0.25) is 0 Å². The summed E-state index contributed by atoms with van der Waals surface area (Å²) in [6.07, 6.45) is 1.89. The van der Waals surface area contributed by atoms with Crippen LogP contribution in [0.1, 0.15) is 39.2 Å². The van der Waals surface area contributed by atoms with Crippen molar-refractivity contribution in [2.75, 3.05) is 6.54 Å². The molecule has 4 heteroatoms. The Bertz CT molecular complexity index is 436. The van der Waals surface area contributed by atoms with Gasteiger partial charge in [-0.3, -0.25) is 4.79 Å². The number of nitrogens with one attached hydrogen (secondary N) is 1. The highest BCUT2D eigenvalue weighted by molar-refractivity contribution is 5.83. The summed E-state index contributed by atoms with van der Waals surface area (Å²) < 4.78 is 13.6. The Morgan fingerprint density at radius 2 is 1.95 bits per heavy atom. The van der Waals surface area contributed by atoms with Crippen molar-refractivity contribution in [2.24, 2.45) is 11.1 Å². The van der Waals surface area contributed by atoms with Gasteiger partial charge in [-0.15, -0.1) is 0 Å². The van der Waals surface area contributed by atoms with Gasteiger partial charge in [-0.05, 0) is 37.8 Å². The molecule has 0 aliphatic carbocycles. The summed E-state index contributed by atoms with van der Waals surface area (Å²) in [6.45, 7) is 6.16. The van der Waals surface area contributed by atoms with Crippen LogP contribution in [-0.2, 0) is 11.2 Å². The average Bonchev–Trinajstić information content (AvgIpc) is 2.44. The van der Waals surface area contributed by atoms with Gasteiger partial charge < -0.3 is 11.1 Å². The number of carbonyl (C=O) groups excluding carboxylic acids is 1. The fraction of sp³-hybridized carbons (Fsp3) is 0.562. The average molecular weight is 280 g/mol. The number of amides is 1. The van der Waals surface area contributed by atoms with E-state index in [1.165, 1.54) is 6.07 Å². The van der Waals surface area contributed by atoms with E-state index in [2.05, 4.69) is 5.32 Å². The highest BCUT2D eigenvalue weighted by atomic mass is 19.1. The van der Waals surface area contributed by atoms with Gasteiger partial charge in [0.2, 0.25) is 5.91 Å². The normalized spacial score (nSPS) is 13.1. The fourth-order valence-corrected chi connectivity index (χ4v) is 2.37. The maximum atomic E-state index is 13.6. The molecule has 1 rings (SSSR count). The first kappa shape index (κ1) is 16.6. The second-order valence-corrected chi connectivity index (χ2v) is 5.36. The highest BCUT2D eigenvalue weighted by Crippen LogP contribution is 2.25. The quantitative estimate of drug-likeness (QED) is 0.806. The topological polar surface area (TPSA) is 55.1 Å². The molecule has 0 heterocycles. The lowest BCUT2D eigenvalue weighted by Gasteiger charge is -2.30. The predicted molar refractivity (Wildman–Crippen MR) is 79.8 cm³/mol. The van der Waals surface area contributed by atoms with Crippen molar-refractivity contribution in [1.29, 1.82) is 0 Å². The maximum Gasteiger partial charge on any atom is 0.227 e. The van der Waals surface area contributed by atoms with Gasteiger partial charge in [-0.25, -0.2) is 4.39 Å². The van der Waals surface area contributed by atoms with E-state index in [-0.39, 0.29) is 17.8 Å². The third-order valence-corrected chi connectivity index (χ3v) is 4.09. The van der Waals surface area contributed by atoms with Crippen LogP contribution in [0.3, 0.4) is 0 Å². The van der Waals surface area contributed by atoms with Gasteiger partial charge >= 0.3 is 0 Å². The SMILES string of the molecule is CCC(CC)(CN)C(=O)NC(C)Cc1ccccc1F. The van der Waals surface area contributed by atoms with Crippen molar-refractivity contribution in [2.45, 2.75) is 46.1 Å². The summed E-state index contributed by atoms with van der Waals surface area (Å²) >= 11 is 0. The van der Waals surface area contributed by atoms with Gasteiger partial charge in [0, 0.05) is 12.6 Å². The van der Waals surface area contributed by atoms with E-state index in [1.54, 1.807) is 18.2 Å². The van der Waals surface area contributed by atoms with Gasteiger partial charge in [-0.2, -0.15) is 0 Å². The minimum absolute atomic E-state index is 0.0335. The van der Waals surface area contributed by atoms with Gasteiger partial charge in [0.25, 0.3) is 0 Å². The van der Waals surface area contributed by atoms with Crippen LogP contribution in [0.4, 0.5) is 4.39 Å². The molecule has 1 unspecified atom stereocenters. The van der Waals surface area contributed by atoms with E-state index in [0.717, 1.165) is 0 Å². The number of rotatable bonds is 7. The molecule has 0 radical (unpaired) electrons. The number of carbonyl (C=O) groups is 1. The van der Waals surface area contributed by atoms with Crippen molar-refractivity contribution >= 4 is 5.91 Å². The van der Waals surface area contributed by atoms with Gasteiger partial charge in [0.05, 0.1) is 5.41 Å². The number of hydrogen-bond acceptors (Lipinski definition) is 2. The minimum Gasteiger partial charge on any atom is -0.353 e. The molecule has 0 fully saturated rings. The van der Waals surface area contributed by atoms with Crippen LogP contribution < -0.4 is 11.1 Å². The molecule has 0 aliphatic rings. The van der Waals surface area contributed by atoms with Crippen molar-refractivity contribution in [3.8, 4) is 0 Å². The maximum absolute atomic E-state index is 13.6. The number of hydrogen-bond donors (Lipinski definition) is 2. The Morgan fingerprint density at radius 3 is 2.45 bits per heavy atom. The Labute approximate surface area is 120 Å². The molecule has 1 atom stereocenters. The van der Waals surface area contributed by atoms with Gasteiger partial charge in [0.15, 0.2) is 0 Å². The molecule has 1 amide bonds. The smallest absolute Gasteiger partial charge is 0.227 e. The van der Waals surface area contributed by atoms with E-state index in [1.807, 2.05) is 20.8 Å². The highest BCUT2D eigenvalue weighted by Gasteiger charge is 2.33. The Morgan fingerprint density at radius 1 is 1.35 bits per heavy atom. The monoisotopic (exact) mass is 280 g/mol. The van der Waals surface area contributed by atoms with Crippen molar-refractivity contribution in [3.63, 3.8) is 0 Å². The fourth-order valence-electron chi connectivity index (χ4n) is 2.37. The number of nitrogens with two attached hydrogens (primary N) is 1. The summed E-state index contributed by atoms with van der Waals surface area (Å²) in [4.78, 5) is 12.4. The molecule has 0 spiro atoms.